The summed E-state index contributed by atoms with van der Waals surface area (Å²) >= 11 is 0. The summed E-state index contributed by atoms with van der Waals surface area (Å²) < 4.78 is 5.20. The molecule has 0 aromatic carbocycles. The van der Waals surface area contributed by atoms with E-state index in [0.29, 0.717) is 11.5 Å². The van der Waals surface area contributed by atoms with Crippen LogP contribution in [0.2, 0.25) is 0 Å². The molecule has 1 saturated heterocycles. The molecule has 2 aliphatic rings. The third kappa shape index (κ3) is 3.00. The molecule has 1 aromatic rings. The molecule has 0 amide bonds. The molecule has 2 fully saturated rings. The number of aromatic nitrogens is 1. The molecule has 3 rings (SSSR count). The summed E-state index contributed by atoms with van der Waals surface area (Å²) in [6, 6.07) is 2.68. The summed E-state index contributed by atoms with van der Waals surface area (Å²) in [5.74, 6) is 0.977. The normalized spacial score (nSPS) is 24.1. The molecule has 1 aliphatic heterocycles. The van der Waals surface area contributed by atoms with Crippen molar-refractivity contribution in [2.24, 2.45) is 5.41 Å². The maximum absolute atomic E-state index is 5.20. The van der Waals surface area contributed by atoms with Crippen LogP contribution in [0.4, 0.5) is 0 Å². The van der Waals surface area contributed by atoms with Crippen molar-refractivity contribution in [2.75, 3.05) is 20.1 Å². The summed E-state index contributed by atoms with van der Waals surface area (Å²) in [4.78, 5) is 2.44. The predicted octanol–water partition coefficient (Wildman–Crippen LogP) is 2.42. The maximum Gasteiger partial charge on any atom is 0.150 e. The van der Waals surface area contributed by atoms with Crippen LogP contribution in [-0.2, 0) is 6.54 Å². The second kappa shape index (κ2) is 5.63. The van der Waals surface area contributed by atoms with E-state index >= 15 is 0 Å². The highest BCUT2D eigenvalue weighted by Crippen LogP contribution is 2.44. The van der Waals surface area contributed by atoms with Gasteiger partial charge in [-0.3, -0.25) is 4.90 Å². The van der Waals surface area contributed by atoms with Gasteiger partial charge in [0.1, 0.15) is 0 Å². The van der Waals surface area contributed by atoms with Crippen molar-refractivity contribution in [1.29, 1.82) is 0 Å². The van der Waals surface area contributed by atoms with Crippen LogP contribution in [-0.4, -0.2) is 36.2 Å². The first-order valence-corrected chi connectivity index (χ1v) is 7.58. The minimum Gasteiger partial charge on any atom is -0.360 e. The molecule has 2 heterocycles. The van der Waals surface area contributed by atoms with Crippen molar-refractivity contribution in [1.82, 2.24) is 15.4 Å². The van der Waals surface area contributed by atoms with E-state index < -0.39 is 0 Å². The monoisotopic (exact) mass is 263 g/mol. The van der Waals surface area contributed by atoms with Crippen LogP contribution in [0.25, 0.3) is 0 Å². The summed E-state index contributed by atoms with van der Waals surface area (Å²) in [6.45, 7) is 3.33. The van der Waals surface area contributed by atoms with E-state index in [1.165, 1.54) is 51.6 Å². The quantitative estimate of drug-likeness (QED) is 0.909. The Balaban J connectivity index is 1.51. The van der Waals surface area contributed by atoms with Gasteiger partial charge in [0.2, 0.25) is 0 Å². The van der Waals surface area contributed by atoms with Gasteiger partial charge in [-0.25, -0.2) is 0 Å². The van der Waals surface area contributed by atoms with Gasteiger partial charge in [0, 0.05) is 12.1 Å². The van der Waals surface area contributed by atoms with Gasteiger partial charge in [0.15, 0.2) is 5.76 Å². The van der Waals surface area contributed by atoms with E-state index in [1.54, 1.807) is 6.20 Å². The Kier molecular flexibility index (Phi) is 3.89. The average molecular weight is 263 g/mol. The Morgan fingerprint density at radius 3 is 2.68 bits per heavy atom. The Bertz CT molecular complexity index is 374. The van der Waals surface area contributed by atoms with Crippen molar-refractivity contribution in [3.8, 4) is 0 Å². The topological polar surface area (TPSA) is 41.3 Å². The van der Waals surface area contributed by atoms with E-state index in [1.807, 2.05) is 6.07 Å². The highest BCUT2D eigenvalue weighted by atomic mass is 16.5. The van der Waals surface area contributed by atoms with Gasteiger partial charge in [-0.1, -0.05) is 5.16 Å². The lowest BCUT2D eigenvalue weighted by Crippen LogP contribution is -2.43. The van der Waals surface area contributed by atoms with Crippen LogP contribution in [0, 0.1) is 5.41 Å². The molecular formula is C15H25N3O. The fraction of sp³-hybridized carbons (Fsp3) is 0.800. The van der Waals surface area contributed by atoms with E-state index in [4.69, 9.17) is 4.52 Å². The second-order valence-electron chi connectivity index (χ2n) is 6.38. The molecule has 1 aliphatic carbocycles. The molecule has 1 aromatic heterocycles. The van der Waals surface area contributed by atoms with Gasteiger partial charge in [0.05, 0.1) is 12.7 Å². The number of nitrogens with one attached hydrogen (secondary N) is 1. The average Bonchev–Trinajstić information content (AvgIpc) is 2.93. The van der Waals surface area contributed by atoms with Gasteiger partial charge in [-0.05, 0) is 64.1 Å². The molecule has 1 spiro atoms. The van der Waals surface area contributed by atoms with Gasteiger partial charge in [-0.2, -0.15) is 0 Å². The highest BCUT2D eigenvalue weighted by molar-refractivity contribution is 4.95. The van der Waals surface area contributed by atoms with E-state index in [9.17, 15) is 0 Å². The van der Waals surface area contributed by atoms with Gasteiger partial charge < -0.3 is 9.84 Å². The Morgan fingerprint density at radius 1 is 1.32 bits per heavy atom. The smallest absolute Gasteiger partial charge is 0.150 e. The summed E-state index contributed by atoms with van der Waals surface area (Å²) in [5, 5.41) is 7.27. The van der Waals surface area contributed by atoms with Crippen LogP contribution < -0.4 is 5.32 Å². The first-order chi connectivity index (χ1) is 9.27. The molecule has 19 heavy (non-hydrogen) atoms. The summed E-state index contributed by atoms with van der Waals surface area (Å²) in [7, 11) is 2.22. The van der Waals surface area contributed by atoms with Crippen molar-refractivity contribution < 1.29 is 4.52 Å². The lowest BCUT2D eigenvalue weighted by Gasteiger charge is -2.45. The number of piperidine rings is 1. The molecule has 0 radical (unpaired) electrons. The number of hydrogen-bond donors (Lipinski definition) is 1. The van der Waals surface area contributed by atoms with Crippen molar-refractivity contribution in [2.45, 2.75) is 51.1 Å². The third-order valence-electron chi connectivity index (χ3n) is 5.20. The first kappa shape index (κ1) is 13.1. The molecule has 0 bridgehead atoms. The molecule has 1 N–H and O–H groups in total. The molecule has 4 nitrogen and oxygen atoms in total. The van der Waals surface area contributed by atoms with E-state index in [2.05, 4.69) is 22.4 Å². The number of rotatable bonds is 3. The lowest BCUT2D eigenvalue weighted by atomic mass is 9.67. The summed E-state index contributed by atoms with van der Waals surface area (Å²) in [6.07, 6.45) is 9.97. The second-order valence-corrected chi connectivity index (χ2v) is 6.38. The largest absolute Gasteiger partial charge is 0.360 e. The van der Waals surface area contributed by atoms with Crippen molar-refractivity contribution in [3.05, 3.63) is 18.0 Å². The highest BCUT2D eigenvalue weighted by Gasteiger charge is 2.37. The first-order valence-electron chi connectivity index (χ1n) is 7.58. The molecule has 0 unspecified atom stereocenters. The number of hydrogen-bond acceptors (Lipinski definition) is 4. The predicted molar refractivity (Wildman–Crippen MR) is 74.8 cm³/mol. The molecule has 1 saturated carbocycles. The fourth-order valence-electron chi connectivity index (χ4n) is 3.81. The van der Waals surface area contributed by atoms with Gasteiger partial charge >= 0.3 is 0 Å². The van der Waals surface area contributed by atoms with Crippen molar-refractivity contribution >= 4 is 0 Å². The standard InChI is InChI=1S/C15H25N3O/c1-18(12-14-4-9-17-19-14)13-2-5-15(6-3-13)7-10-16-11-8-15/h4,9,13,16H,2-3,5-8,10-12H2,1H3. The minimum absolute atomic E-state index is 0.662. The van der Waals surface area contributed by atoms with E-state index in [0.717, 1.165) is 12.3 Å². The van der Waals surface area contributed by atoms with Crippen LogP contribution in [0.1, 0.15) is 44.3 Å². The lowest BCUT2D eigenvalue weighted by molar-refractivity contribution is 0.0704. The van der Waals surface area contributed by atoms with Crippen LogP contribution in [0.15, 0.2) is 16.8 Å². The zero-order valence-electron chi connectivity index (χ0n) is 11.9. The fourth-order valence-corrected chi connectivity index (χ4v) is 3.81. The van der Waals surface area contributed by atoms with Gasteiger partial charge in [0.25, 0.3) is 0 Å². The Labute approximate surface area is 115 Å². The SMILES string of the molecule is CN(Cc1ccno1)C1CCC2(CCNCC2)CC1. The third-order valence-corrected chi connectivity index (χ3v) is 5.20. The molecule has 4 heteroatoms. The van der Waals surface area contributed by atoms with Crippen LogP contribution in [0.3, 0.4) is 0 Å². The number of nitrogens with zero attached hydrogens (tertiary/aromatic N) is 2. The Hall–Kier alpha value is -0.870. The van der Waals surface area contributed by atoms with Gasteiger partial charge in [-0.15, -0.1) is 0 Å². The van der Waals surface area contributed by atoms with Crippen molar-refractivity contribution in [3.63, 3.8) is 0 Å². The molecule has 0 atom stereocenters. The van der Waals surface area contributed by atoms with Crippen LogP contribution in [0.5, 0.6) is 0 Å². The van der Waals surface area contributed by atoms with Crippen LogP contribution >= 0.6 is 0 Å². The maximum atomic E-state index is 5.20. The zero-order valence-corrected chi connectivity index (χ0v) is 11.9. The molecular weight excluding hydrogens is 238 g/mol. The Morgan fingerprint density at radius 2 is 2.05 bits per heavy atom. The molecule has 106 valence electrons. The minimum atomic E-state index is 0.662. The summed E-state index contributed by atoms with van der Waals surface area (Å²) in [5.41, 5.74) is 0.662. The van der Waals surface area contributed by atoms with E-state index in [-0.39, 0.29) is 0 Å². The zero-order chi connectivity index (χ0) is 13.1.